The molecule has 0 bridgehead atoms. The quantitative estimate of drug-likeness (QED) is 0.394. The Morgan fingerprint density at radius 2 is 1.86 bits per heavy atom. The van der Waals surface area contributed by atoms with E-state index in [9.17, 15) is 18.0 Å². The number of esters is 1. The molecule has 13 heteroatoms. The van der Waals surface area contributed by atoms with Gasteiger partial charge in [-0.05, 0) is 26.8 Å². The first-order chi connectivity index (χ1) is 16.3. The van der Waals surface area contributed by atoms with E-state index in [-0.39, 0.29) is 36.0 Å². The van der Waals surface area contributed by atoms with Gasteiger partial charge in [-0.3, -0.25) is 14.2 Å². The van der Waals surface area contributed by atoms with Crippen LogP contribution in [-0.2, 0) is 33.3 Å². The molecule has 0 saturated carbocycles. The van der Waals surface area contributed by atoms with E-state index in [0.29, 0.717) is 11.3 Å². The summed E-state index contributed by atoms with van der Waals surface area (Å²) in [6.45, 7) is 4.95. The Balaban J connectivity index is 1.75. The van der Waals surface area contributed by atoms with Crippen molar-refractivity contribution in [3.8, 4) is 11.5 Å². The minimum Gasteiger partial charge on any atom is -0.493 e. The molecule has 0 radical (unpaired) electrons. The van der Waals surface area contributed by atoms with E-state index < -0.39 is 27.0 Å². The number of hydrogen-bond acceptors (Lipinski definition) is 9. The summed E-state index contributed by atoms with van der Waals surface area (Å²) in [5.74, 6) is 0.129. The lowest BCUT2D eigenvalue weighted by atomic mass is 9.98. The highest BCUT2D eigenvalue weighted by molar-refractivity contribution is 7.89. The molecule has 0 aliphatic heterocycles. The zero-order valence-corrected chi connectivity index (χ0v) is 21.3. The number of aryl methyl sites for hydroxylation is 1. The third-order valence-corrected chi connectivity index (χ3v) is 6.82. The second-order valence-corrected chi connectivity index (χ2v) is 10.9. The number of carbonyl (C=O) groups is 1. The van der Waals surface area contributed by atoms with Crippen LogP contribution in [0.15, 0.2) is 40.8 Å². The molecule has 0 N–H and O–H groups in total. The molecule has 3 rings (SSSR count). The molecule has 0 unspecified atom stereocenters. The van der Waals surface area contributed by atoms with Gasteiger partial charge in [0.2, 0.25) is 0 Å². The normalized spacial score (nSPS) is 12.2. The predicted molar refractivity (Wildman–Crippen MR) is 127 cm³/mol. The average molecular weight is 508 g/mol. The summed E-state index contributed by atoms with van der Waals surface area (Å²) in [5.41, 5.74) is -0.768. The second-order valence-electron chi connectivity index (χ2n) is 8.90. The first-order valence-corrected chi connectivity index (χ1v) is 12.1. The highest BCUT2D eigenvalue weighted by Crippen LogP contribution is 2.30. The lowest BCUT2D eigenvalue weighted by molar-refractivity contribution is -0.157. The Morgan fingerprint density at radius 3 is 2.46 bits per heavy atom. The van der Waals surface area contributed by atoms with Crippen molar-refractivity contribution in [1.82, 2.24) is 23.4 Å². The summed E-state index contributed by atoms with van der Waals surface area (Å²) >= 11 is 0. The fraction of sp³-hybridized carbons (Fsp3) is 0.455. The number of rotatable bonds is 9. The summed E-state index contributed by atoms with van der Waals surface area (Å²) in [6.07, 6.45) is 4.11. The molecule has 0 spiro atoms. The Kier molecular flexibility index (Phi) is 7.50. The van der Waals surface area contributed by atoms with Crippen LogP contribution in [0.3, 0.4) is 0 Å². The monoisotopic (exact) mass is 507 g/mol. The molecule has 0 amide bonds. The summed E-state index contributed by atoms with van der Waals surface area (Å²) < 4.78 is 45.4. The Hall–Kier alpha value is -3.45. The maximum absolute atomic E-state index is 12.9. The Labute approximate surface area is 203 Å². The van der Waals surface area contributed by atoms with Crippen LogP contribution in [0.4, 0.5) is 0 Å². The van der Waals surface area contributed by atoms with Gasteiger partial charge in [-0.25, -0.2) is 18.4 Å². The first kappa shape index (κ1) is 26.2. The van der Waals surface area contributed by atoms with Crippen LogP contribution in [0.25, 0.3) is 10.9 Å². The standard InChI is InChI=1S/C22H29N5O7S/c1-22(2,3)21(29)34-14-27-13-23-16-10-18(17(32-6)9-15(16)20(27)28)33-8-7-26(5)35(30,31)19-11-25(4)12-24-19/h9-13H,7-8,14H2,1-6H3. The highest BCUT2D eigenvalue weighted by atomic mass is 32.2. The van der Waals surface area contributed by atoms with Gasteiger partial charge in [0.05, 0.1) is 29.8 Å². The molecule has 0 fully saturated rings. The fourth-order valence-corrected chi connectivity index (χ4v) is 4.08. The number of benzene rings is 1. The zero-order valence-electron chi connectivity index (χ0n) is 20.5. The van der Waals surface area contributed by atoms with Crippen LogP contribution in [0, 0.1) is 5.41 Å². The molecule has 0 aliphatic carbocycles. The fourth-order valence-electron chi connectivity index (χ4n) is 2.96. The largest absolute Gasteiger partial charge is 0.493 e. The number of likely N-dealkylation sites (N-methyl/N-ethyl adjacent to an activating group) is 1. The molecule has 0 aliphatic rings. The number of nitrogens with zero attached hydrogens (tertiary/aromatic N) is 5. The molecule has 190 valence electrons. The number of aromatic nitrogens is 4. The third kappa shape index (κ3) is 5.80. The van der Waals surface area contributed by atoms with Gasteiger partial charge in [-0.15, -0.1) is 0 Å². The van der Waals surface area contributed by atoms with Gasteiger partial charge >= 0.3 is 5.97 Å². The number of hydrogen-bond donors (Lipinski definition) is 0. The topological polar surface area (TPSA) is 135 Å². The number of carbonyl (C=O) groups excluding carboxylic acids is 1. The number of sulfonamides is 1. The summed E-state index contributed by atoms with van der Waals surface area (Å²) in [6, 6.07) is 3.02. The molecule has 1 aromatic carbocycles. The van der Waals surface area contributed by atoms with Gasteiger partial charge in [0, 0.05) is 32.9 Å². The average Bonchev–Trinajstić information content (AvgIpc) is 3.24. The molecular formula is C22H29N5O7S. The van der Waals surface area contributed by atoms with Crippen LogP contribution >= 0.6 is 0 Å². The Morgan fingerprint density at radius 1 is 1.14 bits per heavy atom. The highest BCUT2D eigenvalue weighted by Gasteiger charge is 2.24. The molecular weight excluding hydrogens is 478 g/mol. The molecule has 3 aromatic rings. The molecule has 2 aromatic heterocycles. The van der Waals surface area contributed by atoms with Crippen molar-refractivity contribution in [1.29, 1.82) is 0 Å². The van der Waals surface area contributed by atoms with Gasteiger partial charge in [0.25, 0.3) is 15.6 Å². The van der Waals surface area contributed by atoms with Crippen LogP contribution in [-0.4, -0.2) is 65.1 Å². The maximum Gasteiger partial charge on any atom is 0.312 e. The van der Waals surface area contributed by atoms with Crippen molar-refractivity contribution in [3.05, 3.63) is 41.3 Å². The number of fused-ring (bicyclic) bond motifs is 1. The van der Waals surface area contributed by atoms with E-state index in [1.165, 1.54) is 49.7 Å². The van der Waals surface area contributed by atoms with Crippen molar-refractivity contribution in [3.63, 3.8) is 0 Å². The van der Waals surface area contributed by atoms with E-state index in [2.05, 4.69) is 9.97 Å². The van der Waals surface area contributed by atoms with Crippen LogP contribution in [0.5, 0.6) is 11.5 Å². The lowest BCUT2D eigenvalue weighted by Gasteiger charge is -2.18. The number of imidazole rings is 1. The molecule has 12 nitrogen and oxygen atoms in total. The zero-order chi connectivity index (χ0) is 26.0. The SMILES string of the molecule is COc1cc2c(=O)n(COC(=O)C(C)(C)C)cnc2cc1OCCN(C)S(=O)(=O)c1cn(C)cn1. The van der Waals surface area contributed by atoms with Crippen LogP contribution < -0.4 is 15.0 Å². The van der Waals surface area contributed by atoms with Crippen molar-refractivity contribution < 1.29 is 27.4 Å². The van der Waals surface area contributed by atoms with Crippen LogP contribution in [0.2, 0.25) is 0 Å². The molecule has 0 saturated heterocycles. The number of methoxy groups -OCH3 is 1. The van der Waals surface area contributed by atoms with Crippen molar-refractivity contribution >= 4 is 26.9 Å². The summed E-state index contributed by atoms with van der Waals surface area (Å²) in [7, 11) is 0.781. The second kappa shape index (κ2) is 10.0. The van der Waals surface area contributed by atoms with Gasteiger partial charge in [-0.1, -0.05) is 0 Å². The molecule has 0 atom stereocenters. The molecule has 35 heavy (non-hydrogen) atoms. The minimum absolute atomic E-state index is 0.0181. The summed E-state index contributed by atoms with van der Waals surface area (Å²) in [5, 5.41) is 0.192. The van der Waals surface area contributed by atoms with E-state index in [1.54, 1.807) is 32.4 Å². The van der Waals surface area contributed by atoms with Crippen LogP contribution in [0.1, 0.15) is 20.8 Å². The first-order valence-electron chi connectivity index (χ1n) is 10.7. The van der Waals surface area contributed by atoms with E-state index in [0.717, 1.165) is 4.31 Å². The lowest BCUT2D eigenvalue weighted by Crippen LogP contribution is -2.31. The van der Waals surface area contributed by atoms with E-state index >= 15 is 0 Å². The third-order valence-electron chi connectivity index (χ3n) is 5.08. The van der Waals surface area contributed by atoms with Crippen molar-refractivity contribution in [2.24, 2.45) is 12.5 Å². The number of ether oxygens (including phenoxy) is 3. The minimum atomic E-state index is -3.76. The summed E-state index contributed by atoms with van der Waals surface area (Å²) in [4.78, 5) is 33.0. The predicted octanol–water partition coefficient (Wildman–Crippen LogP) is 1.38. The van der Waals surface area contributed by atoms with Gasteiger partial charge in [0.15, 0.2) is 23.3 Å². The van der Waals surface area contributed by atoms with Crippen molar-refractivity contribution in [2.45, 2.75) is 32.5 Å². The smallest absolute Gasteiger partial charge is 0.312 e. The van der Waals surface area contributed by atoms with Gasteiger partial charge in [0.1, 0.15) is 12.9 Å². The van der Waals surface area contributed by atoms with E-state index in [4.69, 9.17) is 14.2 Å². The van der Waals surface area contributed by atoms with E-state index in [1.807, 2.05) is 0 Å². The Bertz CT molecular complexity index is 1390. The maximum atomic E-state index is 12.9. The van der Waals surface area contributed by atoms with Gasteiger partial charge < -0.3 is 18.8 Å². The molecule has 2 heterocycles. The van der Waals surface area contributed by atoms with Crippen molar-refractivity contribution in [2.75, 3.05) is 27.3 Å². The van der Waals surface area contributed by atoms with Gasteiger partial charge in [-0.2, -0.15) is 4.31 Å².